The van der Waals surface area contributed by atoms with Gasteiger partial charge in [0.15, 0.2) is 0 Å². The van der Waals surface area contributed by atoms with Crippen molar-refractivity contribution in [3.8, 4) is 0 Å². The number of oxime groups is 1. The van der Waals surface area contributed by atoms with E-state index in [1.54, 1.807) is 11.8 Å². The first-order valence-corrected chi connectivity index (χ1v) is 11.0. The molecule has 0 unspecified atom stereocenters. The Kier molecular flexibility index (Phi) is 5.54. The molecule has 0 bridgehead atoms. The van der Waals surface area contributed by atoms with E-state index >= 15 is 0 Å². The Morgan fingerprint density at radius 3 is 2.70 bits per heavy atom. The Morgan fingerprint density at radius 2 is 2.10 bits per heavy atom. The molecular weight excluding hydrogens is 412 g/mol. The van der Waals surface area contributed by atoms with E-state index in [1.165, 1.54) is 16.7 Å². The van der Waals surface area contributed by atoms with Crippen molar-refractivity contribution in [2.24, 2.45) is 17.0 Å². The van der Waals surface area contributed by atoms with E-state index in [9.17, 15) is 24.6 Å². The van der Waals surface area contributed by atoms with Crippen LogP contribution in [0.3, 0.4) is 0 Å². The molecule has 4 N–H and O–H groups in total. The third-order valence-electron chi connectivity index (χ3n) is 6.49. The van der Waals surface area contributed by atoms with Crippen LogP contribution in [0.5, 0.6) is 0 Å². The predicted octanol–water partition coefficient (Wildman–Crippen LogP) is -0.334. The van der Waals surface area contributed by atoms with Crippen molar-refractivity contribution in [2.45, 2.75) is 50.1 Å². The summed E-state index contributed by atoms with van der Waals surface area (Å²) in [5.74, 6) is -2.30. The van der Waals surface area contributed by atoms with Gasteiger partial charge in [0, 0.05) is 35.6 Å². The number of amides is 2. The predicted molar refractivity (Wildman–Crippen MR) is 108 cm³/mol. The minimum Gasteiger partial charge on any atom is -0.477 e. The topological polar surface area (TPSA) is 143 Å². The third-order valence-corrected chi connectivity index (χ3v) is 8.00. The van der Waals surface area contributed by atoms with E-state index < -0.39 is 18.0 Å². The maximum atomic E-state index is 12.7. The minimum atomic E-state index is -1.14. The fourth-order valence-corrected chi connectivity index (χ4v) is 6.45. The zero-order valence-electron chi connectivity index (χ0n) is 16.8. The van der Waals surface area contributed by atoms with Crippen molar-refractivity contribution in [1.29, 1.82) is 0 Å². The average molecular weight is 439 g/mol. The summed E-state index contributed by atoms with van der Waals surface area (Å²) in [6, 6.07) is -0.700. The van der Waals surface area contributed by atoms with Gasteiger partial charge < -0.3 is 30.5 Å². The Bertz CT molecular complexity index is 843. The molecule has 164 valence electrons. The largest absolute Gasteiger partial charge is 0.477 e. The van der Waals surface area contributed by atoms with Crippen molar-refractivity contribution in [3.63, 3.8) is 0 Å². The highest BCUT2D eigenvalue weighted by atomic mass is 32.2. The van der Waals surface area contributed by atoms with Crippen LogP contribution in [0.15, 0.2) is 15.8 Å². The van der Waals surface area contributed by atoms with Crippen LogP contribution in [0.1, 0.15) is 26.7 Å². The number of likely N-dealkylation sites (tertiary alicyclic amines) is 1. The Balaban J connectivity index is 1.45. The molecule has 3 fully saturated rings. The lowest BCUT2D eigenvalue weighted by molar-refractivity contribution is -0.163. The van der Waals surface area contributed by atoms with Gasteiger partial charge in [-0.1, -0.05) is 12.1 Å². The van der Waals surface area contributed by atoms with Gasteiger partial charge in [0.05, 0.1) is 36.4 Å². The van der Waals surface area contributed by atoms with Gasteiger partial charge in [-0.15, -0.1) is 11.8 Å². The lowest BCUT2D eigenvalue weighted by atomic mass is 9.79. The van der Waals surface area contributed by atoms with Gasteiger partial charge >= 0.3 is 5.97 Å². The summed E-state index contributed by atoms with van der Waals surface area (Å²) in [5, 5.41) is 35.0. The molecule has 6 atom stereocenters. The van der Waals surface area contributed by atoms with Crippen LogP contribution in [0, 0.1) is 11.8 Å². The summed E-state index contributed by atoms with van der Waals surface area (Å²) in [4.78, 5) is 40.7. The van der Waals surface area contributed by atoms with Crippen LogP contribution >= 0.6 is 11.8 Å². The number of carbonyl (C=O) groups excluding carboxylic acids is 2. The smallest absolute Gasteiger partial charge is 0.353 e. The SMILES string of the molecule is C[C@@H](O)[C@H]1C(=O)N2C(C(=O)O)=C(S[C@@H]3CN[C@H](C(=O)N4CC/C(=N\O)C4)C3)[C@H](C)[C@H]12. The second-order valence-corrected chi connectivity index (χ2v) is 9.73. The van der Waals surface area contributed by atoms with Gasteiger partial charge in [-0.3, -0.25) is 9.59 Å². The number of carbonyl (C=O) groups is 3. The normalized spacial score (nSPS) is 35.8. The number of rotatable bonds is 5. The summed E-state index contributed by atoms with van der Waals surface area (Å²) in [7, 11) is 0. The van der Waals surface area contributed by atoms with Crippen molar-refractivity contribution in [2.75, 3.05) is 19.6 Å². The molecule has 4 aliphatic rings. The van der Waals surface area contributed by atoms with Crippen LogP contribution in [-0.2, 0) is 14.4 Å². The molecule has 0 spiro atoms. The van der Waals surface area contributed by atoms with Crippen LogP contribution in [0.4, 0.5) is 0 Å². The first kappa shape index (κ1) is 21.1. The van der Waals surface area contributed by atoms with Gasteiger partial charge in [-0.2, -0.15) is 0 Å². The van der Waals surface area contributed by atoms with Gasteiger partial charge in [0.2, 0.25) is 11.8 Å². The van der Waals surface area contributed by atoms with E-state index in [1.807, 2.05) is 6.92 Å². The maximum Gasteiger partial charge on any atom is 0.353 e. The molecule has 0 radical (unpaired) electrons. The van der Waals surface area contributed by atoms with Crippen LogP contribution in [-0.4, -0.2) is 91.8 Å². The zero-order chi connectivity index (χ0) is 21.7. The highest BCUT2D eigenvalue weighted by Crippen LogP contribution is 2.51. The summed E-state index contributed by atoms with van der Waals surface area (Å²) in [6.07, 6.45) is 0.283. The Morgan fingerprint density at radius 1 is 1.37 bits per heavy atom. The summed E-state index contributed by atoms with van der Waals surface area (Å²) in [5.41, 5.74) is 0.600. The molecule has 11 heteroatoms. The van der Waals surface area contributed by atoms with E-state index in [0.29, 0.717) is 43.1 Å². The molecule has 4 rings (SSSR count). The number of thioether (sulfide) groups is 1. The summed E-state index contributed by atoms with van der Waals surface area (Å²) in [6.45, 7) is 4.86. The van der Waals surface area contributed by atoms with Crippen LogP contribution in [0.2, 0.25) is 0 Å². The van der Waals surface area contributed by atoms with Gasteiger partial charge in [0.1, 0.15) is 5.70 Å². The molecule has 0 aliphatic carbocycles. The molecule has 0 aromatic heterocycles. The molecule has 30 heavy (non-hydrogen) atoms. The first-order valence-electron chi connectivity index (χ1n) is 10.1. The van der Waals surface area contributed by atoms with E-state index in [0.717, 1.165) is 0 Å². The third kappa shape index (κ3) is 3.28. The van der Waals surface area contributed by atoms with Crippen molar-refractivity contribution >= 4 is 35.3 Å². The van der Waals surface area contributed by atoms with Gasteiger partial charge in [-0.05, 0) is 13.3 Å². The lowest BCUT2D eigenvalue weighted by Gasteiger charge is -2.46. The van der Waals surface area contributed by atoms with Gasteiger partial charge in [-0.25, -0.2) is 4.79 Å². The van der Waals surface area contributed by atoms with Crippen LogP contribution < -0.4 is 5.32 Å². The summed E-state index contributed by atoms with van der Waals surface area (Å²) >= 11 is 1.42. The van der Waals surface area contributed by atoms with E-state index in [2.05, 4.69) is 10.5 Å². The molecule has 0 aromatic rings. The Labute approximate surface area is 178 Å². The number of carboxylic acid groups (broad SMARTS) is 1. The molecule has 2 amide bonds. The number of aliphatic hydroxyl groups excluding tert-OH is 1. The van der Waals surface area contributed by atoms with Crippen molar-refractivity contribution < 1.29 is 29.8 Å². The van der Waals surface area contributed by atoms with Crippen molar-refractivity contribution in [1.82, 2.24) is 15.1 Å². The molecule has 4 heterocycles. The standard InChI is InChI=1S/C19H26N4O6S/c1-8-14-13(9(2)24)18(26)23(14)15(19(27)28)16(8)30-11-5-12(20-6-11)17(25)22-4-3-10(7-22)21-29/h8-9,11-14,20,24,29H,3-7H2,1-2H3,(H,27,28)/b21-10+/t8-,9-,11+,12+,13-,14-/m1/s1. The van der Waals surface area contributed by atoms with Gasteiger partial charge in [0.25, 0.3) is 0 Å². The summed E-state index contributed by atoms with van der Waals surface area (Å²) < 4.78 is 0. The molecular formula is C19H26N4O6S. The minimum absolute atomic E-state index is 0.00173. The molecule has 0 saturated carbocycles. The highest BCUT2D eigenvalue weighted by Gasteiger charge is 2.60. The fraction of sp³-hybridized carbons (Fsp3) is 0.684. The molecule has 0 aromatic carbocycles. The Hall–Kier alpha value is -2.11. The van der Waals surface area contributed by atoms with E-state index in [-0.39, 0.29) is 40.8 Å². The average Bonchev–Trinajstić information content (AvgIpc) is 3.40. The molecule has 10 nitrogen and oxygen atoms in total. The number of carboxylic acids is 1. The highest BCUT2D eigenvalue weighted by molar-refractivity contribution is 8.03. The quantitative estimate of drug-likeness (QED) is 0.260. The number of aliphatic carboxylic acids is 1. The molecule has 4 aliphatic heterocycles. The number of nitrogens with zero attached hydrogens (tertiary/aromatic N) is 3. The zero-order valence-corrected chi connectivity index (χ0v) is 17.6. The number of β-lactam (4-membered cyclic amide) rings is 1. The number of hydrogen-bond acceptors (Lipinski definition) is 8. The number of fused-ring (bicyclic) bond motifs is 1. The number of hydrogen-bond donors (Lipinski definition) is 4. The second kappa shape index (κ2) is 7.86. The first-order chi connectivity index (χ1) is 14.2. The van der Waals surface area contributed by atoms with E-state index in [4.69, 9.17) is 5.21 Å². The van der Waals surface area contributed by atoms with Crippen molar-refractivity contribution in [3.05, 3.63) is 10.6 Å². The number of nitrogens with one attached hydrogen (secondary N) is 1. The number of aliphatic hydroxyl groups is 1. The monoisotopic (exact) mass is 438 g/mol. The molecule has 3 saturated heterocycles. The maximum absolute atomic E-state index is 12.7. The van der Waals surface area contributed by atoms with Crippen LogP contribution in [0.25, 0.3) is 0 Å². The second-order valence-electron chi connectivity index (χ2n) is 8.38. The lowest BCUT2D eigenvalue weighted by Crippen LogP contribution is -2.63. The fourth-order valence-electron chi connectivity index (χ4n) is 4.97.